The number of guanidine groups is 1. The van der Waals surface area contributed by atoms with Gasteiger partial charge in [-0.2, -0.15) is 9.30 Å². The minimum Gasteiger partial charge on any atom is -0.370 e. The summed E-state index contributed by atoms with van der Waals surface area (Å²) in [6, 6.07) is 12.4. The van der Waals surface area contributed by atoms with Crippen LogP contribution in [-0.4, -0.2) is 30.2 Å². The Morgan fingerprint density at radius 2 is 1.93 bits per heavy atom. The monoisotopic (exact) mass is 431 g/mol. The number of rotatable bonds is 6. The van der Waals surface area contributed by atoms with Gasteiger partial charge in [0.25, 0.3) is 0 Å². The Bertz CT molecular complexity index is 1190. The first-order valence-corrected chi connectivity index (χ1v) is 10.8. The highest BCUT2D eigenvalue weighted by Crippen LogP contribution is 2.32. The van der Waals surface area contributed by atoms with E-state index in [1.165, 1.54) is 22.6 Å². The molecule has 0 unspecified atom stereocenters. The standard InChI is InChI=1S/C20H22ClN5O2S/c1-3-26(12-14-6-4-5-13(2)9-14)29(27,28)15-7-8-16-17(10-15)19(25-20(22)23)24-11-18(16)21/h4-11H,3,12H2,1-2H3,(H4,22,23,24,25). The fourth-order valence-corrected chi connectivity index (χ4v) is 4.75. The molecule has 0 saturated heterocycles. The molecule has 0 atom stereocenters. The van der Waals surface area contributed by atoms with E-state index in [9.17, 15) is 8.42 Å². The van der Waals surface area contributed by atoms with Gasteiger partial charge in [-0.3, -0.25) is 0 Å². The van der Waals surface area contributed by atoms with Crippen molar-refractivity contribution in [3.8, 4) is 0 Å². The highest BCUT2D eigenvalue weighted by molar-refractivity contribution is 7.89. The van der Waals surface area contributed by atoms with Crippen molar-refractivity contribution in [2.24, 2.45) is 16.5 Å². The van der Waals surface area contributed by atoms with E-state index >= 15 is 0 Å². The molecule has 0 bridgehead atoms. The number of hydrogen-bond acceptors (Lipinski definition) is 4. The highest BCUT2D eigenvalue weighted by Gasteiger charge is 2.24. The molecule has 0 radical (unpaired) electrons. The number of halogens is 1. The van der Waals surface area contributed by atoms with Gasteiger partial charge in [0.1, 0.15) is 0 Å². The van der Waals surface area contributed by atoms with E-state index in [-0.39, 0.29) is 23.2 Å². The first-order valence-electron chi connectivity index (χ1n) is 8.96. The van der Waals surface area contributed by atoms with Crippen molar-refractivity contribution in [2.45, 2.75) is 25.3 Å². The number of aryl methyl sites for hydroxylation is 1. The maximum atomic E-state index is 13.3. The second kappa shape index (κ2) is 8.36. The van der Waals surface area contributed by atoms with Gasteiger partial charge in [0.2, 0.25) is 10.0 Å². The molecule has 7 nitrogen and oxygen atoms in total. The number of aromatic nitrogens is 1. The van der Waals surface area contributed by atoms with Crippen LogP contribution in [0.1, 0.15) is 18.1 Å². The number of sulfonamides is 1. The number of hydrogen-bond donors (Lipinski definition) is 2. The molecular weight excluding hydrogens is 410 g/mol. The zero-order chi connectivity index (χ0) is 21.2. The van der Waals surface area contributed by atoms with E-state index in [0.717, 1.165) is 11.1 Å². The molecule has 0 aliphatic heterocycles. The Kier molecular flexibility index (Phi) is 6.07. The predicted molar refractivity (Wildman–Crippen MR) is 117 cm³/mol. The first kappa shape index (κ1) is 21.0. The van der Waals surface area contributed by atoms with Crippen LogP contribution < -0.4 is 11.5 Å². The number of benzene rings is 2. The Morgan fingerprint density at radius 1 is 1.17 bits per heavy atom. The average molecular weight is 432 g/mol. The largest absolute Gasteiger partial charge is 0.370 e. The van der Waals surface area contributed by atoms with Crippen molar-refractivity contribution < 1.29 is 8.42 Å². The zero-order valence-corrected chi connectivity index (χ0v) is 17.7. The normalized spacial score (nSPS) is 11.7. The molecule has 1 heterocycles. The molecule has 0 amide bonds. The Labute approximate surface area is 175 Å². The van der Waals surface area contributed by atoms with E-state index < -0.39 is 10.0 Å². The summed E-state index contributed by atoms with van der Waals surface area (Å²) < 4.78 is 28.0. The van der Waals surface area contributed by atoms with Gasteiger partial charge in [0, 0.05) is 30.1 Å². The van der Waals surface area contributed by atoms with Crippen LogP contribution in [0.15, 0.2) is 58.5 Å². The number of nitrogens with two attached hydrogens (primary N) is 2. The number of pyridine rings is 1. The van der Waals surface area contributed by atoms with Crippen LogP contribution in [0.4, 0.5) is 5.82 Å². The number of nitrogens with zero attached hydrogens (tertiary/aromatic N) is 3. The average Bonchev–Trinajstić information content (AvgIpc) is 2.67. The summed E-state index contributed by atoms with van der Waals surface area (Å²) in [6.07, 6.45) is 1.43. The summed E-state index contributed by atoms with van der Waals surface area (Å²) in [4.78, 5) is 8.23. The van der Waals surface area contributed by atoms with Gasteiger partial charge < -0.3 is 11.5 Å². The Morgan fingerprint density at radius 3 is 2.59 bits per heavy atom. The van der Waals surface area contributed by atoms with Crippen molar-refractivity contribution >= 4 is 44.2 Å². The molecule has 0 aliphatic carbocycles. The zero-order valence-electron chi connectivity index (χ0n) is 16.1. The van der Waals surface area contributed by atoms with E-state index in [4.69, 9.17) is 23.1 Å². The fraction of sp³-hybridized carbons (Fsp3) is 0.200. The minimum absolute atomic E-state index is 0.121. The lowest BCUT2D eigenvalue weighted by Crippen LogP contribution is -2.30. The highest BCUT2D eigenvalue weighted by atomic mass is 35.5. The van der Waals surface area contributed by atoms with Gasteiger partial charge >= 0.3 is 0 Å². The van der Waals surface area contributed by atoms with Crippen molar-refractivity contribution in [3.05, 3.63) is 64.8 Å². The third-order valence-electron chi connectivity index (χ3n) is 4.46. The van der Waals surface area contributed by atoms with Crippen molar-refractivity contribution in [2.75, 3.05) is 6.54 Å². The molecule has 29 heavy (non-hydrogen) atoms. The van der Waals surface area contributed by atoms with Crippen molar-refractivity contribution in [1.82, 2.24) is 9.29 Å². The summed E-state index contributed by atoms with van der Waals surface area (Å²) in [5.74, 6) is 0.0344. The molecule has 0 saturated carbocycles. The molecule has 0 fully saturated rings. The second-order valence-electron chi connectivity index (χ2n) is 6.59. The lowest BCUT2D eigenvalue weighted by atomic mass is 10.1. The molecule has 152 valence electrons. The number of aliphatic imine (C=N–C) groups is 1. The molecule has 1 aromatic heterocycles. The van der Waals surface area contributed by atoms with Gasteiger partial charge in [-0.15, -0.1) is 0 Å². The van der Waals surface area contributed by atoms with Gasteiger partial charge in [-0.05, 0) is 24.6 Å². The van der Waals surface area contributed by atoms with E-state index in [1.54, 1.807) is 13.0 Å². The first-order chi connectivity index (χ1) is 13.7. The van der Waals surface area contributed by atoms with Crippen LogP contribution in [0.3, 0.4) is 0 Å². The Balaban J connectivity index is 2.08. The molecule has 3 aromatic rings. The SMILES string of the molecule is CCN(Cc1cccc(C)c1)S(=O)(=O)c1ccc2c(Cl)cnc(N=C(N)N)c2c1. The van der Waals surface area contributed by atoms with Gasteiger partial charge in [-0.25, -0.2) is 13.4 Å². The molecular formula is C20H22ClN5O2S. The summed E-state index contributed by atoms with van der Waals surface area (Å²) in [5.41, 5.74) is 12.9. The molecule has 2 aromatic carbocycles. The van der Waals surface area contributed by atoms with Crippen molar-refractivity contribution in [3.63, 3.8) is 0 Å². The third-order valence-corrected chi connectivity index (χ3v) is 6.67. The van der Waals surface area contributed by atoms with E-state index in [1.807, 2.05) is 31.2 Å². The quantitative estimate of drug-likeness (QED) is 0.459. The minimum atomic E-state index is -3.76. The van der Waals surface area contributed by atoms with Crippen LogP contribution in [0, 0.1) is 6.92 Å². The fourth-order valence-electron chi connectivity index (χ4n) is 3.08. The van der Waals surface area contributed by atoms with Crippen LogP contribution in [0.25, 0.3) is 10.8 Å². The summed E-state index contributed by atoms with van der Waals surface area (Å²) in [7, 11) is -3.76. The lowest BCUT2D eigenvalue weighted by Gasteiger charge is -2.21. The molecule has 9 heteroatoms. The van der Waals surface area contributed by atoms with Gasteiger partial charge in [-0.1, -0.05) is 54.4 Å². The molecule has 3 rings (SSSR count). The summed E-state index contributed by atoms with van der Waals surface area (Å²) >= 11 is 6.21. The lowest BCUT2D eigenvalue weighted by molar-refractivity contribution is 0.423. The number of fused-ring (bicyclic) bond motifs is 1. The second-order valence-corrected chi connectivity index (χ2v) is 8.94. The third kappa shape index (κ3) is 4.50. The molecule has 0 aliphatic rings. The molecule has 4 N–H and O–H groups in total. The van der Waals surface area contributed by atoms with E-state index in [2.05, 4.69) is 9.98 Å². The summed E-state index contributed by atoms with van der Waals surface area (Å²) in [6.45, 7) is 4.37. The smallest absolute Gasteiger partial charge is 0.243 e. The maximum Gasteiger partial charge on any atom is 0.243 e. The maximum absolute atomic E-state index is 13.3. The topological polar surface area (TPSA) is 115 Å². The van der Waals surface area contributed by atoms with Crippen LogP contribution in [0.2, 0.25) is 5.02 Å². The predicted octanol–water partition coefficient (Wildman–Crippen LogP) is 3.31. The molecule has 0 spiro atoms. The van der Waals surface area contributed by atoms with Gasteiger partial charge in [0.15, 0.2) is 11.8 Å². The Hall–Kier alpha value is -2.68. The van der Waals surface area contributed by atoms with E-state index in [0.29, 0.717) is 22.3 Å². The van der Waals surface area contributed by atoms with Crippen LogP contribution in [0.5, 0.6) is 0 Å². The summed E-state index contributed by atoms with van der Waals surface area (Å²) in [5, 5.41) is 1.45. The van der Waals surface area contributed by atoms with Crippen molar-refractivity contribution in [1.29, 1.82) is 0 Å². The van der Waals surface area contributed by atoms with Crippen LogP contribution in [-0.2, 0) is 16.6 Å². The van der Waals surface area contributed by atoms with Gasteiger partial charge in [0.05, 0.1) is 9.92 Å². The van der Waals surface area contributed by atoms with Crippen LogP contribution >= 0.6 is 11.6 Å².